The molecule has 2 N–H and O–H groups in total. The average Bonchev–Trinajstić information content (AvgIpc) is 2.78. The summed E-state index contributed by atoms with van der Waals surface area (Å²) in [7, 11) is 1.94. The highest BCUT2D eigenvalue weighted by atomic mass is 16.3. The van der Waals surface area contributed by atoms with Gasteiger partial charge in [0.1, 0.15) is 11.4 Å². The smallest absolute Gasteiger partial charge is 0.141 e. The maximum atomic E-state index is 9.81. The summed E-state index contributed by atoms with van der Waals surface area (Å²) >= 11 is 0. The van der Waals surface area contributed by atoms with Crippen molar-refractivity contribution in [3.63, 3.8) is 0 Å². The maximum Gasteiger partial charge on any atom is 0.141 e. The maximum absolute atomic E-state index is 9.81. The third kappa shape index (κ3) is 2.65. The Labute approximate surface area is 101 Å². The zero-order valence-electron chi connectivity index (χ0n) is 9.93. The van der Waals surface area contributed by atoms with Crippen LogP contribution in [0.1, 0.15) is 12.1 Å². The van der Waals surface area contributed by atoms with Crippen LogP contribution in [0.5, 0.6) is 5.75 Å². The first kappa shape index (κ1) is 11.7. The molecule has 1 heterocycles. The molecule has 0 saturated heterocycles. The molecule has 0 amide bonds. The van der Waals surface area contributed by atoms with E-state index in [1.807, 2.05) is 31.3 Å². The number of para-hydroxylation sites is 2. The molecule has 0 unspecified atom stereocenters. The van der Waals surface area contributed by atoms with Crippen molar-refractivity contribution in [1.82, 2.24) is 15.1 Å². The quantitative estimate of drug-likeness (QED) is 0.770. The third-order valence-corrected chi connectivity index (χ3v) is 2.69. The predicted molar refractivity (Wildman–Crippen MR) is 67.5 cm³/mol. The van der Waals surface area contributed by atoms with Gasteiger partial charge in [-0.15, -0.1) is 0 Å². The van der Waals surface area contributed by atoms with Gasteiger partial charge in [-0.2, -0.15) is 5.10 Å². The van der Waals surface area contributed by atoms with E-state index in [9.17, 15) is 5.11 Å². The van der Waals surface area contributed by atoms with Crippen LogP contribution in [0.2, 0.25) is 0 Å². The number of aryl methyl sites for hydroxylation is 1. The molecule has 0 bridgehead atoms. The van der Waals surface area contributed by atoms with Crippen molar-refractivity contribution in [2.75, 3.05) is 13.6 Å². The molecule has 0 aliphatic carbocycles. The van der Waals surface area contributed by atoms with Gasteiger partial charge < -0.3 is 10.4 Å². The summed E-state index contributed by atoms with van der Waals surface area (Å²) in [5.41, 5.74) is 1.85. The minimum absolute atomic E-state index is 0.256. The highest BCUT2D eigenvalue weighted by Crippen LogP contribution is 2.21. The van der Waals surface area contributed by atoms with E-state index in [1.54, 1.807) is 16.9 Å². The molecule has 1 aromatic heterocycles. The molecule has 4 nitrogen and oxygen atoms in total. The Morgan fingerprint density at radius 3 is 2.88 bits per heavy atom. The first-order valence-corrected chi connectivity index (χ1v) is 5.79. The van der Waals surface area contributed by atoms with Gasteiger partial charge in [0, 0.05) is 11.9 Å². The van der Waals surface area contributed by atoms with E-state index in [-0.39, 0.29) is 5.75 Å². The van der Waals surface area contributed by atoms with Crippen molar-refractivity contribution in [2.24, 2.45) is 0 Å². The number of benzene rings is 1. The van der Waals surface area contributed by atoms with Crippen molar-refractivity contribution in [1.29, 1.82) is 0 Å². The van der Waals surface area contributed by atoms with Crippen molar-refractivity contribution >= 4 is 0 Å². The number of phenolic OH excluding ortho intramolecular Hbond substituents is 1. The van der Waals surface area contributed by atoms with E-state index in [4.69, 9.17) is 0 Å². The van der Waals surface area contributed by atoms with Crippen molar-refractivity contribution in [2.45, 2.75) is 12.8 Å². The Balaban J connectivity index is 2.22. The lowest BCUT2D eigenvalue weighted by atomic mass is 10.2. The largest absolute Gasteiger partial charge is 0.506 e. The van der Waals surface area contributed by atoms with Crippen LogP contribution in [0.4, 0.5) is 0 Å². The molecule has 0 fully saturated rings. The summed E-state index contributed by atoms with van der Waals surface area (Å²) in [4.78, 5) is 0. The summed E-state index contributed by atoms with van der Waals surface area (Å²) in [5.74, 6) is 0.256. The number of nitrogens with one attached hydrogen (secondary N) is 1. The van der Waals surface area contributed by atoms with Gasteiger partial charge in [-0.3, -0.25) is 0 Å². The minimum atomic E-state index is 0.256. The Bertz CT molecular complexity index is 479. The Hall–Kier alpha value is -1.81. The van der Waals surface area contributed by atoms with E-state index >= 15 is 0 Å². The van der Waals surface area contributed by atoms with E-state index in [0.717, 1.165) is 30.8 Å². The molecule has 2 rings (SSSR count). The van der Waals surface area contributed by atoms with E-state index < -0.39 is 0 Å². The Kier molecular flexibility index (Phi) is 3.77. The average molecular weight is 231 g/mol. The standard InChI is InChI=1S/C13H17N3O/c1-14-9-4-5-11-8-10-15-16(11)12-6-2-3-7-13(12)17/h2-3,6-8,10,14,17H,4-5,9H2,1H3. The van der Waals surface area contributed by atoms with Gasteiger partial charge in [-0.1, -0.05) is 12.1 Å². The second-order valence-electron chi connectivity index (χ2n) is 3.93. The molecule has 1 aromatic carbocycles. The van der Waals surface area contributed by atoms with E-state index in [2.05, 4.69) is 10.4 Å². The van der Waals surface area contributed by atoms with Gasteiger partial charge in [0.05, 0.1) is 0 Å². The normalized spacial score (nSPS) is 10.6. The van der Waals surface area contributed by atoms with Crippen LogP contribution in [0.25, 0.3) is 5.69 Å². The van der Waals surface area contributed by atoms with Crippen LogP contribution < -0.4 is 5.32 Å². The first-order valence-electron chi connectivity index (χ1n) is 5.79. The molecular weight excluding hydrogens is 214 g/mol. The second kappa shape index (κ2) is 5.50. The topological polar surface area (TPSA) is 50.1 Å². The molecule has 4 heteroatoms. The summed E-state index contributed by atoms with van der Waals surface area (Å²) < 4.78 is 1.80. The highest BCUT2D eigenvalue weighted by Gasteiger charge is 2.07. The summed E-state index contributed by atoms with van der Waals surface area (Å²) in [6, 6.07) is 9.23. The van der Waals surface area contributed by atoms with E-state index in [1.165, 1.54) is 0 Å². The zero-order chi connectivity index (χ0) is 12.1. The van der Waals surface area contributed by atoms with E-state index in [0.29, 0.717) is 0 Å². The lowest BCUT2D eigenvalue weighted by Gasteiger charge is -2.08. The summed E-state index contributed by atoms with van der Waals surface area (Å²) in [6.45, 7) is 0.978. The Morgan fingerprint density at radius 2 is 2.12 bits per heavy atom. The third-order valence-electron chi connectivity index (χ3n) is 2.69. The fourth-order valence-corrected chi connectivity index (χ4v) is 1.83. The monoisotopic (exact) mass is 231 g/mol. The Morgan fingerprint density at radius 1 is 1.29 bits per heavy atom. The van der Waals surface area contributed by atoms with Crippen LogP contribution in [-0.4, -0.2) is 28.5 Å². The number of nitrogens with zero attached hydrogens (tertiary/aromatic N) is 2. The van der Waals surface area contributed by atoms with Crippen LogP contribution in [0.3, 0.4) is 0 Å². The number of rotatable bonds is 5. The van der Waals surface area contributed by atoms with Crippen LogP contribution in [0.15, 0.2) is 36.5 Å². The molecule has 17 heavy (non-hydrogen) atoms. The first-order chi connectivity index (χ1) is 8.33. The molecule has 0 aliphatic heterocycles. The summed E-state index contributed by atoms with van der Waals surface area (Å²) in [6.07, 6.45) is 3.76. The lowest BCUT2D eigenvalue weighted by molar-refractivity contribution is 0.469. The van der Waals surface area contributed by atoms with Gasteiger partial charge in [0.2, 0.25) is 0 Å². The number of hydrogen-bond donors (Lipinski definition) is 2. The predicted octanol–water partition coefficient (Wildman–Crippen LogP) is 1.73. The number of aromatic hydroxyl groups is 1. The molecule has 90 valence electrons. The molecule has 0 saturated carbocycles. The zero-order valence-corrected chi connectivity index (χ0v) is 9.93. The molecular formula is C13H17N3O. The van der Waals surface area contributed by atoms with Crippen molar-refractivity contribution < 1.29 is 5.11 Å². The molecule has 0 spiro atoms. The summed E-state index contributed by atoms with van der Waals surface area (Å²) in [5, 5.41) is 17.2. The molecule has 0 atom stereocenters. The fraction of sp³-hybridized carbons (Fsp3) is 0.308. The van der Waals surface area contributed by atoms with Gasteiger partial charge >= 0.3 is 0 Å². The number of hydrogen-bond acceptors (Lipinski definition) is 3. The van der Waals surface area contributed by atoms with Crippen LogP contribution in [-0.2, 0) is 6.42 Å². The van der Waals surface area contributed by atoms with Crippen LogP contribution >= 0.6 is 0 Å². The van der Waals surface area contributed by atoms with Crippen molar-refractivity contribution in [3.05, 3.63) is 42.2 Å². The van der Waals surface area contributed by atoms with Crippen LogP contribution in [0, 0.1) is 0 Å². The lowest BCUT2D eigenvalue weighted by Crippen LogP contribution is -2.10. The van der Waals surface area contributed by atoms with Gasteiger partial charge in [0.15, 0.2) is 0 Å². The number of aromatic nitrogens is 2. The molecule has 2 aromatic rings. The minimum Gasteiger partial charge on any atom is -0.506 e. The molecule has 0 radical (unpaired) electrons. The van der Waals surface area contributed by atoms with Gasteiger partial charge in [-0.05, 0) is 44.6 Å². The van der Waals surface area contributed by atoms with Gasteiger partial charge in [-0.25, -0.2) is 4.68 Å². The fourth-order valence-electron chi connectivity index (χ4n) is 1.83. The number of phenols is 1. The van der Waals surface area contributed by atoms with Gasteiger partial charge in [0.25, 0.3) is 0 Å². The SMILES string of the molecule is CNCCCc1ccnn1-c1ccccc1O. The van der Waals surface area contributed by atoms with Crippen molar-refractivity contribution in [3.8, 4) is 11.4 Å². The molecule has 0 aliphatic rings. The highest BCUT2D eigenvalue weighted by molar-refractivity contribution is 5.45. The second-order valence-corrected chi connectivity index (χ2v) is 3.93.